The van der Waals surface area contributed by atoms with Crippen LogP contribution in [0, 0.1) is 0 Å². The smallest absolute Gasteiger partial charge is 0.241 e. The van der Waals surface area contributed by atoms with Crippen molar-refractivity contribution < 1.29 is 9.53 Å². The molecule has 116 valence electrons. The maximum atomic E-state index is 12.1. The Hall–Kier alpha value is -1.14. The third-order valence-electron chi connectivity index (χ3n) is 3.70. The number of ether oxygens (including phenoxy) is 1. The Balaban J connectivity index is 1.83. The van der Waals surface area contributed by atoms with E-state index in [9.17, 15) is 4.79 Å². The molecule has 0 aromatic heterocycles. The summed E-state index contributed by atoms with van der Waals surface area (Å²) in [6.07, 6.45) is 0. The lowest BCUT2D eigenvalue weighted by atomic mass is 10.2. The highest BCUT2D eigenvalue weighted by atomic mass is 35.5. The summed E-state index contributed by atoms with van der Waals surface area (Å²) in [5, 5.41) is 0.790. The molecule has 1 aromatic rings. The van der Waals surface area contributed by atoms with Crippen molar-refractivity contribution in [2.75, 3.05) is 39.9 Å². The molecule has 1 aliphatic heterocycles. The van der Waals surface area contributed by atoms with Gasteiger partial charge in [-0.1, -0.05) is 29.8 Å². The SMILES string of the molecule is COCC(N)C(=O)N1CCN(Cc2ccccc2Cl)CC1. The molecule has 21 heavy (non-hydrogen) atoms. The number of hydrogen-bond donors (Lipinski definition) is 1. The third-order valence-corrected chi connectivity index (χ3v) is 4.07. The molecule has 6 heteroatoms. The first-order valence-corrected chi connectivity index (χ1v) is 7.48. The van der Waals surface area contributed by atoms with E-state index in [0.717, 1.165) is 30.2 Å². The second-order valence-electron chi connectivity index (χ2n) is 5.25. The van der Waals surface area contributed by atoms with Crippen LogP contribution in [-0.2, 0) is 16.1 Å². The molecule has 1 atom stereocenters. The van der Waals surface area contributed by atoms with Crippen LogP contribution in [-0.4, -0.2) is 61.6 Å². The molecule has 0 radical (unpaired) electrons. The molecule has 5 nitrogen and oxygen atoms in total. The molecular weight excluding hydrogens is 290 g/mol. The van der Waals surface area contributed by atoms with Crippen LogP contribution in [0.4, 0.5) is 0 Å². The number of halogens is 1. The van der Waals surface area contributed by atoms with Gasteiger partial charge in [-0.3, -0.25) is 9.69 Å². The van der Waals surface area contributed by atoms with E-state index in [1.54, 1.807) is 7.11 Å². The zero-order chi connectivity index (χ0) is 15.2. The number of rotatable bonds is 5. The van der Waals surface area contributed by atoms with Crippen LogP contribution >= 0.6 is 11.6 Å². The highest BCUT2D eigenvalue weighted by Crippen LogP contribution is 2.18. The summed E-state index contributed by atoms with van der Waals surface area (Å²) in [4.78, 5) is 16.2. The average Bonchev–Trinajstić information content (AvgIpc) is 2.50. The molecule has 2 N–H and O–H groups in total. The Morgan fingerprint density at radius 1 is 1.33 bits per heavy atom. The summed E-state index contributed by atoms with van der Waals surface area (Å²) in [7, 11) is 1.55. The van der Waals surface area contributed by atoms with Crippen molar-refractivity contribution in [3.63, 3.8) is 0 Å². The Labute approximate surface area is 130 Å². The molecule has 1 saturated heterocycles. The molecule has 0 saturated carbocycles. The van der Waals surface area contributed by atoms with Crippen molar-refractivity contribution in [3.8, 4) is 0 Å². The quantitative estimate of drug-likeness (QED) is 0.880. The topological polar surface area (TPSA) is 58.8 Å². The van der Waals surface area contributed by atoms with Crippen LogP contribution in [0.2, 0.25) is 5.02 Å². The van der Waals surface area contributed by atoms with E-state index in [0.29, 0.717) is 13.1 Å². The van der Waals surface area contributed by atoms with Crippen LogP contribution in [0.5, 0.6) is 0 Å². The molecule has 0 aliphatic carbocycles. The Morgan fingerprint density at radius 3 is 2.62 bits per heavy atom. The van der Waals surface area contributed by atoms with E-state index in [2.05, 4.69) is 4.90 Å². The lowest BCUT2D eigenvalue weighted by Gasteiger charge is -2.36. The van der Waals surface area contributed by atoms with E-state index in [4.69, 9.17) is 22.1 Å². The zero-order valence-electron chi connectivity index (χ0n) is 12.3. The van der Waals surface area contributed by atoms with Gasteiger partial charge in [0.05, 0.1) is 6.61 Å². The Bertz CT molecular complexity index is 476. The molecular formula is C15H22ClN3O2. The van der Waals surface area contributed by atoms with Crippen LogP contribution in [0.1, 0.15) is 5.56 Å². The average molecular weight is 312 g/mol. The molecule has 0 spiro atoms. The normalized spacial score (nSPS) is 17.8. The largest absolute Gasteiger partial charge is 0.383 e. The maximum absolute atomic E-state index is 12.1. The van der Waals surface area contributed by atoms with Gasteiger partial charge in [0.1, 0.15) is 6.04 Å². The van der Waals surface area contributed by atoms with Gasteiger partial charge in [-0.15, -0.1) is 0 Å². The Morgan fingerprint density at radius 2 is 2.00 bits per heavy atom. The van der Waals surface area contributed by atoms with Crippen LogP contribution in [0.15, 0.2) is 24.3 Å². The fraction of sp³-hybridized carbons (Fsp3) is 0.533. The van der Waals surface area contributed by atoms with Gasteiger partial charge >= 0.3 is 0 Å². The first-order chi connectivity index (χ1) is 10.1. The highest BCUT2D eigenvalue weighted by molar-refractivity contribution is 6.31. The van der Waals surface area contributed by atoms with Gasteiger partial charge in [-0.25, -0.2) is 0 Å². The van der Waals surface area contributed by atoms with Gasteiger partial charge < -0.3 is 15.4 Å². The van der Waals surface area contributed by atoms with Gasteiger partial charge in [0.25, 0.3) is 0 Å². The van der Waals surface area contributed by atoms with E-state index in [1.165, 1.54) is 0 Å². The molecule has 0 bridgehead atoms. The van der Waals surface area contributed by atoms with Crippen molar-refractivity contribution in [3.05, 3.63) is 34.9 Å². The minimum absolute atomic E-state index is 0.0331. The summed E-state index contributed by atoms with van der Waals surface area (Å²) in [5.74, 6) is -0.0331. The number of nitrogens with two attached hydrogens (primary N) is 1. The van der Waals surface area contributed by atoms with Crippen molar-refractivity contribution in [1.82, 2.24) is 9.80 Å². The monoisotopic (exact) mass is 311 g/mol. The maximum Gasteiger partial charge on any atom is 0.241 e. The van der Waals surface area contributed by atoms with Crippen molar-refractivity contribution in [1.29, 1.82) is 0 Å². The van der Waals surface area contributed by atoms with E-state index in [1.807, 2.05) is 29.2 Å². The summed E-state index contributed by atoms with van der Waals surface area (Å²) in [6.45, 7) is 4.12. The van der Waals surface area contributed by atoms with E-state index >= 15 is 0 Å². The first kappa shape index (κ1) is 16.2. The number of nitrogens with zero attached hydrogens (tertiary/aromatic N) is 2. The van der Waals surface area contributed by atoms with E-state index < -0.39 is 6.04 Å². The second-order valence-corrected chi connectivity index (χ2v) is 5.66. The molecule has 2 rings (SSSR count). The molecule has 1 aliphatic rings. The summed E-state index contributed by atoms with van der Waals surface area (Å²) in [6, 6.07) is 7.30. The lowest BCUT2D eigenvalue weighted by Crippen LogP contribution is -2.53. The van der Waals surface area contributed by atoms with Crippen LogP contribution in [0.25, 0.3) is 0 Å². The van der Waals surface area contributed by atoms with Gasteiger partial charge in [0.15, 0.2) is 0 Å². The molecule has 1 amide bonds. The molecule has 1 unspecified atom stereocenters. The summed E-state index contributed by atoms with van der Waals surface area (Å²) >= 11 is 6.18. The third kappa shape index (κ3) is 4.41. The van der Waals surface area contributed by atoms with Gasteiger partial charge in [-0.2, -0.15) is 0 Å². The number of piperazine rings is 1. The molecule has 1 heterocycles. The number of hydrogen-bond acceptors (Lipinski definition) is 4. The summed E-state index contributed by atoms with van der Waals surface area (Å²) in [5.41, 5.74) is 6.91. The number of carbonyl (C=O) groups excluding carboxylic acids is 1. The standard InChI is InChI=1S/C15H22ClN3O2/c1-21-11-14(17)15(20)19-8-6-18(7-9-19)10-12-4-2-3-5-13(12)16/h2-5,14H,6-11,17H2,1H3. The fourth-order valence-corrected chi connectivity index (χ4v) is 2.67. The van der Waals surface area contributed by atoms with Gasteiger partial charge in [-0.05, 0) is 11.6 Å². The predicted octanol–water partition coefficient (Wildman–Crippen LogP) is 0.958. The van der Waals surface area contributed by atoms with Crippen LogP contribution in [0.3, 0.4) is 0 Å². The predicted molar refractivity (Wildman–Crippen MR) is 83.2 cm³/mol. The number of benzene rings is 1. The van der Waals surface area contributed by atoms with Crippen molar-refractivity contribution >= 4 is 17.5 Å². The number of carbonyl (C=O) groups is 1. The number of amides is 1. The van der Waals surface area contributed by atoms with Gasteiger partial charge in [0.2, 0.25) is 5.91 Å². The first-order valence-electron chi connectivity index (χ1n) is 7.11. The van der Waals surface area contributed by atoms with Gasteiger partial charge in [0, 0.05) is 44.9 Å². The highest BCUT2D eigenvalue weighted by Gasteiger charge is 2.25. The minimum atomic E-state index is -0.565. The summed E-state index contributed by atoms with van der Waals surface area (Å²) < 4.78 is 4.93. The number of methoxy groups -OCH3 is 1. The zero-order valence-corrected chi connectivity index (χ0v) is 13.1. The Kier molecular flexibility index (Phi) is 5.99. The molecule has 1 aromatic carbocycles. The van der Waals surface area contributed by atoms with Crippen LogP contribution < -0.4 is 5.73 Å². The van der Waals surface area contributed by atoms with E-state index in [-0.39, 0.29) is 12.5 Å². The minimum Gasteiger partial charge on any atom is -0.383 e. The lowest BCUT2D eigenvalue weighted by molar-refractivity contribution is -0.135. The second kappa shape index (κ2) is 7.75. The van der Waals surface area contributed by atoms with Crippen molar-refractivity contribution in [2.24, 2.45) is 5.73 Å². The molecule has 1 fully saturated rings. The van der Waals surface area contributed by atoms with Crippen molar-refractivity contribution in [2.45, 2.75) is 12.6 Å². The fourth-order valence-electron chi connectivity index (χ4n) is 2.48.